The normalized spacial score (nSPS) is 17.6. The van der Waals surface area contributed by atoms with Gasteiger partial charge in [0.2, 0.25) is 6.79 Å². The van der Waals surface area contributed by atoms with E-state index in [0.29, 0.717) is 24.3 Å². The van der Waals surface area contributed by atoms with Crippen LogP contribution < -0.4 is 14.8 Å². The molecule has 0 bridgehead atoms. The number of ether oxygens (including phenoxy) is 2. The molecule has 11 heteroatoms. The van der Waals surface area contributed by atoms with Gasteiger partial charge in [-0.2, -0.15) is 0 Å². The molecule has 1 aliphatic heterocycles. The summed E-state index contributed by atoms with van der Waals surface area (Å²) in [6, 6.07) is 12.3. The summed E-state index contributed by atoms with van der Waals surface area (Å²) < 4.78 is 38.4. The number of amides is 1. The average Bonchev–Trinajstić information content (AvgIpc) is 3.50. The monoisotopic (exact) mass is 492 g/mol. The van der Waals surface area contributed by atoms with E-state index in [-0.39, 0.29) is 24.2 Å². The van der Waals surface area contributed by atoms with Crippen LogP contribution >= 0.6 is 0 Å². The molecular weight excluding hydrogens is 464 g/mol. The molecule has 2 aromatic carbocycles. The Morgan fingerprint density at radius 1 is 1.12 bits per heavy atom. The van der Waals surface area contributed by atoms with Crippen LogP contribution in [0.5, 0.6) is 11.5 Å². The van der Waals surface area contributed by atoms with Crippen LogP contribution in [-0.2, 0) is 21.3 Å². The number of aliphatic hydroxyl groups is 1. The maximum atomic E-state index is 13.5. The minimum absolute atomic E-state index is 0.00185. The second kappa shape index (κ2) is 10.6. The Labute approximate surface area is 198 Å². The number of hydroxylamine groups is 1. The van der Waals surface area contributed by atoms with Crippen LogP contribution in [-0.4, -0.2) is 60.8 Å². The number of fused-ring (bicyclic) bond motifs is 1. The lowest BCUT2D eigenvalue weighted by Gasteiger charge is -2.30. The number of rotatable bonds is 10. The van der Waals surface area contributed by atoms with Gasteiger partial charge in [0.25, 0.3) is 10.0 Å². The highest BCUT2D eigenvalue weighted by molar-refractivity contribution is 7.89. The number of sulfonamides is 1. The summed E-state index contributed by atoms with van der Waals surface area (Å²) in [5, 5.41) is 22.6. The number of carboxylic acid groups (broad SMARTS) is 1. The first kappa shape index (κ1) is 24.3. The zero-order chi connectivity index (χ0) is 24.1. The van der Waals surface area contributed by atoms with E-state index in [9.17, 15) is 23.4 Å². The lowest BCUT2D eigenvalue weighted by molar-refractivity contribution is -0.145. The molecule has 2 aromatic rings. The number of aliphatic hydroxyl groups excluding tert-OH is 1. The number of carbonyl (C=O) groups is 1. The Bertz CT molecular complexity index is 1090. The van der Waals surface area contributed by atoms with Crippen LogP contribution in [0.4, 0.5) is 4.79 Å². The van der Waals surface area contributed by atoms with Gasteiger partial charge in [-0.05, 0) is 37.0 Å². The first-order chi connectivity index (χ1) is 16.3. The fraction of sp³-hybridized carbons (Fsp3) is 0.435. The maximum absolute atomic E-state index is 13.5. The largest absolute Gasteiger partial charge is 0.465 e. The lowest BCUT2D eigenvalue weighted by atomic mass is 10.0. The summed E-state index contributed by atoms with van der Waals surface area (Å²) in [5.41, 5.74) is 0.794. The van der Waals surface area contributed by atoms with Crippen LogP contribution in [0.3, 0.4) is 0 Å². The van der Waals surface area contributed by atoms with Crippen molar-refractivity contribution in [3.8, 4) is 11.5 Å². The molecular formula is C23H28N2O8S. The minimum Gasteiger partial charge on any atom is -0.465 e. The topological polar surface area (TPSA) is 135 Å². The Hall–Kier alpha value is -2.86. The summed E-state index contributed by atoms with van der Waals surface area (Å²) in [7, 11) is -4.20. The van der Waals surface area contributed by atoms with Crippen molar-refractivity contribution < 1.29 is 37.7 Å². The molecule has 2 aliphatic rings. The standard InChI is InChI=1S/C23H28N2O8S/c26-20(19(24-23(27)28)12-16-6-2-1-3-7-16)14-25(33-17-8-4-5-9-17)34(29,30)18-10-11-21-22(13-18)32-15-31-21/h1-3,6-7,10-11,13,17,19-20,24,26H,4-5,8-9,12,14-15H2,(H,27,28)/t19-,20+/m0/s1. The Kier molecular flexibility index (Phi) is 7.57. The van der Waals surface area contributed by atoms with Gasteiger partial charge in [-0.3, -0.25) is 4.84 Å². The summed E-state index contributed by atoms with van der Waals surface area (Å²) in [6.07, 6.45) is 0.411. The van der Waals surface area contributed by atoms with Crippen LogP contribution in [0.2, 0.25) is 0 Å². The van der Waals surface area contributed by atoms with E-state index in [4.69, 9.17) is 14.3 Å². The average molecular weight is 493 g/mol. The Morgan fingerprint density at radius 2 is 1.82 bits per heavy atom. The van der Waals surface area contributed by atoms with E-state index in [1.807, 2.05) is 6.07 Å². The minimum atomic E-state index is -4.20. The van der Waals surface area contributed by atoms with Crippen molar-refractivity contribution in [2.24, 2.45) is 0 Å². The van der Waals surface area contributed by atoms with Crippen LogP contribution in [0.15, 0.2) is 53.4 Å². The highest BCUT2D eigenvalue weighted by atomic mass is 32.2. The third-order valence-corrected chi connectivity index (χ3v) is 7.51. The third-order valence-electron chi connectivity index (χ3n) is 5.89. The van der Waals surface area contributed by atoms with E-state index in [1.54, 1.807) is 24.3 Å². The second-order valence-electron chi connectivity index (χ2n) is 8.33. The fourth-order valence-corrected chi connectivity index (χ4v) is 5.42. The molecule has 34 heavy (non-hydrogen) atoms. The molecule has 0 saturated heterocycles. The van der Waals surface area contributed by atoms with Crippen molar-refractivity contribution in [3.63, 3.8) is 0 Å². The molecule has 1 saturated carbocycles. The smallest absolute Gasteiger partial charge is 0.404 e. The van der Waals surface area contributed by atoms with Gasteiger partial charge in [0.05, 0.1) is 29.7 Å². The van der Waals surface area contributed by atoms with Gasteiger partial charge < -0.3 is 25.0 Å². The summed E-state index contributed by atoms with van der Waals surface area (Å²) in [5.74, 6) is 0.743. The predicted octanol–water partition coefficient (Wildman–Crippen LogP) is 2.52. The summed E-state index contributed by atoms with van der Waals surface area (Å²) in [6.45, 7) is -0.451. The SMILES string of the molecule is O=C(O)N[C@@H](Cc1ccccc1)[C@H](O)CN(OC1CCCC1)S(=O)(=O)c1ccc2c(c1)OCO2. The highest BCUT2D eigenvalue weighted by Gasteiger charge is 2.35. The molecule has 4 rings (SSSR count). The molecule has 0 aromatic heterocycles. The zero-order valence-corrected chi connectivity index (χ0v) is 19.3. The van der Waals surface area contributed by atoms with Crippen LogP contribution in [0, 0.1) is 0 Å². The van der Waals surface area contributed by atoms with Gasteiger partial charge in [-0.1, -0.05) is 47.6 Å². The molecule has 3 N–H and O–H groups in total. The van der Waals surface area contributed by atoms with Gasteiger partial charge >= 0.3 is 6.09 Å². The fourth-order valence-electron chi connectivity index (χ4n) is 4.10. The lowest BCUT2D eigenvalue weighted by Crippen LogP contribution is -2.50. The van der Waals surface area contributed by atoms with Gasteiger partial charge in [-0.25, -0.2) is 13.2 Å². The molecule has 0 unspecified atom stereocenters. The number of nitrogens with one attached hydrogen (secondary N) is 1. The molecule has 10 nitrogen and oxygen atoms in total. The Balaban J connectivity index is 1.58. The van der Waals surface area contributed by atoms with E-state index >= 15 is 0 Å². The molecule has 0 radical (unpaired) electrons. The summed E-state index contributed by atoms with van der Waals surface area (Å²) in [4.78, 5) is 17.2. The molecule has 2 atom stereocenters. The maximum Gasteiger partial charge on any atom is 0.404 e. The first-order valence-corrected chi connectivity index (χ1v) is 12.6. The van der Waals surface area contributed by atoms with Gasteiger partial charge in [0, 0.05) is 6.07 Å². The van der Waals surface area contributed by atoms with Gasteiger partial charge in [0.15, 0.2) is 11.5 Å². The third kappa shape index (κ3) is 5.79. The van der Waals surface area contributed by atoms with Crippen molar-refractivity contribution in [2.75, 3.05) is 13.3 Å². The first-order valence-electron chi connectivity index (χ1n) is 11.1. The van der Waals surface area contributed by atoms with Crippen LogP contribution in [0.25, 0.3) is 0 Å². The molecule has 1 heterocycles. The van der Waals surface area contributed by atoms with Gasteiger partial charge in [0.1, 0.15) is 0 Å². The van der Waals surface area contributed by atoms with Crippen LogP contribution in [0.1, 0.15) is 31.2 Å². The van der Waals surface area contributed by atoms with Crippen molar-refractivity contribution in [1.29, 1.82) is 0 Å². The molecule has 184 valence electrons. The molecule has 1 aliphatic carbocycles. The van der Waals surface area contributed by atoms with Crippen molar-refractivity contribution in [3.05, 3.63) is 54.1 Å². The zero-order valence-electron chi connectivity index (χ0n) is 18.5. The van der Waals surface area contributed by atoms with E-state index < -0.39 is 34.8 Å². The number of hydrogen-bond acceptors (Lipinski definition) is 7. The quantitative estimate of drug-likeness (QED) is 0.431. The van der Waals surface area contributed by atoms with Crippen molar-refractivity contribution in [1.82, 2.24) is 9.79 Å². The van der Waals surface area contributed by atoms with Gasteiger partial charge in [-0.15, -0.1) is 0 Å². The molecule has 1 fully saturated rings. The Morgan fingerprint density at radius 3 is 2.53 bits per heavy atom. The number of nitrogens with zero attached hydrogens (tertiary/aromatic N) is 1. The van der Waals surface area contributed by atoms with Crippen molar-refractivity contribution >= 4 is 16.1 Å². The number of benzene rings is 2. The molecule has 1 amide bonds. The van der Waals surface area contributed by atoms with E-state index in [1.165, 1.54) is 18.2 Å². The molecule has 0 spiro atoms. The predicted molar refractivity (Wildman–Crippen MR) is 121 cm³/mol. The summed E-state index contributed by atoms with van der Waals surface area (Å²) >= 11 is 0. The van der Waals surface area contributed by atoms with E-state index in [0.717, 1.165) is 22.9 Å². The van der Waals surface area contributed by atoms with E-state index in [2.05, 4.69) is 5.32 Å². The number of hydrogen-bond donors (Lipinski definition) is 3. The van der Waals surface area contributed by atoms with Crippen molar-refractivity contribution in [2.45, 2.75) is 55.2 Å². The highest BCUT2D eigenvalue weighted by Crippen LogP contribution is 2.35. The second-order valence-corrected chi connectivity index (χ2v) is 10.2.